The Morgan fingerprint density at radius 2 is 1.22 bits per heavy atom. The summed E-state index contributed by atoms with van der Waals surface area (Å²) < 4.78 is 0. The Kier molecular flexibility index (Phi) is 8.76. The zero-order valence-electron chi connectivity index (χ0n) is 5.94. The van der Waals surface area contributed by atoms with Gasteiger partial charge in [-0.15, -0.1) is 0 Å². The van der Waals surface area contributed by atoms with Crippen LogP contribution in [0.1, 0.15) is 19.3 Å². The van der Waals surface area contributed by atoms with Crippen molar-refractivity contribution in [2.75, 3.05) is 0 Å². The first kappa shape index (κ1) is 13.0. The quantitative estimate of drug-likeness (QED) is 0.340. The van der Waals surface area contributed by atoms with Crippen LogP contribution in [0.2, 0.25) is 0 Å². The SMILES string of the molecule is O=C1CCCC1=O.[Na].[Na]. The Hall–Kier alpha value is 1.34. The summed E-state index contributed by atoms with van der Waals surface area (Å²) in [6.45, 7) is 0. The molecule has 1 saturated carbocycles. The van der Waals surface area contributed by atoms with Crippen molar-refractivity contribution >= 4 is 70.7 Å². The molecule has 1 rings (SSSR count). The van der Waals surface area contributed by atoms with Gasteiger partial charge in [-0.1, -0.05) is 0 Å². The molecule has 2 nitrogen and oxygen atoms in total. The van der Waals surface area contributed by atoms with Crippen LogP contribution in [-0.2, 0) is 9.59 Å². The van der Waals surface area contributed by atoms with Crippen molar-refractivity contribution < 1.29 is 9.59 Å². The predicted octanol–water partition coefficient (Wildman–Crippen LogP) is -0.453. The minimum absolute atomic E-state index is 0. The first-order valence-corrected chi connectivity index (χ1v) is 2.37. The molecule has 2 radical (unpaired) electrons. The third-order valence-electron chi connectivity index (χ3n) is 1.12. The average Bonchev–Trinajstić information content (AvgIpc) is 1.91. The molecule has 0 bridgehead atoms. The van der Waals surface area contributed by atoms with Crippen LogP contribution in [0.4, 0.5) is 0 Å². The van der Waals surface area contributed by atoms with Crippen LogP contribution >= 0.6 is 0 Å². The summed E-state index contributed by atoms with van der Waals surface area (Å²) in [6, 6.07) is 0. The van der Waals surface area contributed by atoms with Gasteiger partial charge in [0.2, 0.25) is 0 Å². The Labute approximate surface area is 98.3 Å². The molecule has 0 aromatic rings. The molecular weight excluding hydrogens is 138 g/mol. The molecule has 0 aromatic carbocycles. The van der Waals surface area contributed by atoms with Crippen molar-refractivity contribution in [1.82, 2.24) is 0 Å². The molecule has 0 unspecified atom stereocenters. The van der Waals surface area contributed by atoms with Crippen molar-refractivity contribution in [3.8, 4) is 0 Å². The van der Waals surface area contributed by atoms with E-state index in [1.165, 1.54) is 0 Å². The van der Waals surface area contributed by atoms with Gasteiger partial charge in [-0.3, -0.25) is 9.59 Å². The van der Waals surface area contributed by atoms with Crippen molar-refractivity contribution in [3.05, 3.63) is 0 Å². The fourth-order valence-corrected chi connectivity index (χ4v) is 0.688. The number of carbonyl (C=O) groups excluding carboxylic acids is 2. The second-order valence-corrected chi connectivity index (χ2v) is 1.70. The minimum Gasteiger partial charge on any atom is -0.291 e. The molecular formula is C5H6Na2O2. The molecule has 0 heterocycles. The fourth-order valence-electron chi connectivity index (χ4n) is 0.688. The van der Waals surface area contributed by atoms with Gasteiger partial charge in [0.1, 0.15) is 0 Å². The van der Waals surface area contributed by atoms with Crippen LogP contribution in [-0.4, -0.2) is 70.7 Å². The summed E-state index contributed by atoms with van der Waals surface area (Å²) in [5.41, 5.74) is 0. The first-order valence-electron chi connectivity index (χ1n) is 2.37. The van der Waals surface area contributed by atoms with E-state index in [1.807, 2.05) is 0 Å². The maximum absolute atomic E-state index is 10.2. The van der Waals surface area contributed by atoms with Gasteiger partial charge in [-0.25, -0.2) is 0 Å². The number of carbonyl (C=O) groups is 2. The van der Waals surface area contributed by atoms with Gasteiger partial charge in [0.25, 0.3) is 0 Å². The first-order chi connectivity index (χ1) is 3.30. The van der Waals surface area contributed by atoms with Gasteiger partial charge in [0.15, 0.2) is 11.6 Å². The summed E-state index contributed by atoms with van der Waals surface area (Å²) in [6.07, 6.45) is 1.75. The summed E-state index contributed by atoms with van der Waals surface area (Å²) in [5, 5.41) is 0. The van der Waals surface area contributed by atoms with E-state index in [0.717, 1.165) is 6.42 Å². The van der Waals surface area contributed by atoms with E-state index in [-0.39, 0.29) is 70.7 Å². The Balaban J connectivity index is 0. The van der Waals surface area contributed by atoms with Crippen molar-refractivity contribution in [3.63, 3.8) is 0 Å². The molecule has 0 atom stereocenters. The molecule has 40 valence electrons. The van der Waals surface area contributed by atoms with Crippen LogP contribution in [0.25, 0.3) is 0 Å². The van der Waals surface area contributed by atoms with Gasteiger partial charge in [0, 0.05) is 72.0 Å². The number of hydrogen-bond donors (Lipinski definition) is 0. The third-order valence-corrected chi connectivity index (χ3v) is 1.12. The number of rotatable bonds is 0. The molecule has 1 fully saturated rings. The van der Waals surface area contributed by atoms with E-state index in [4.69, 9.17) is 0 Å². The summed E-state index contributed by atoms with van der Waals surface area (Å²) in [4.78, 5) is 20.4. The normalized spacial score (nSPS) is 16.4. The second kappa shape index (κ2) is 6.08. The maximum atomic E-state index is 10.2. The van der Waals surface area contributed by atoms with E-state index in [2.05, 4.69) is 0 Å². The second-order valence-electron chi connectivity index (χ2n) is 1.70. The van der Waals surface area contributed by atoms with Gasteiger partial charge < -0.3 is 0 Å². The minimum atomic E-state index is -0.181. The van der Waals surface area contributed by atoms with Crippen LogP contribution < -0.4 is 0 Å². The Morgan fingerprint density at radius 1 is 0.889 bits per heavy atom. The number of ketones is 2. The summed E-state index contributed by atoms with van der Waals surface area (Å²) in [5.74, 6) is -0.361. The van der Waals surface area contributed by atoms with Crippen LogP contribution in [0.5, 0.6) is 0 Å². The largest absolute Gasteiger partial charge is 0.291 e. The molecule has 0 N–H and O–H groups in total. The molecule has 0 saturated heterocycles. The van der Waals surface area contributed by atoms with Gasteiger partial charge in [0.05, 0.1) is 0 Å². The molecule has 0 aliphatic heterocycles. The van der Waals surface area contributed by atoms with E-state index >= 15 is 0 Å². The molecule has 0 spiro atoms. The van der Waals surface area contributed by atoms with Crippen LogP contribution in [0.3, 0.4) is 0 Å². The Bertz CT molecular complexity index is 108. The topological polar surface area (TPSA) is 34.1 Å². The molecule has 0 aromatic heterocycles. The third kappa shape index (κ3) is 3.91. The van der Waals surface area contributed by atoms with Crippen molar-refractivity contribution in [2.45, 2.75) is 19.3 Å². The predicted molar refractivity (Wildman–Crippen MR) is 35.4 cm³/mol. The van der Waals surface area contributed by atoms with Crippen molar-refractivity contribution in [2.24, 2.45) is 0 Å². The smallest absolute Gasteiger partial charge is 0.198 e. The molecule has 9 heavy (non-hydrogen) atoms. The molecule has 1 aliphatic rings. The van der Waals surface area contributed by atoms with Gasteiger partial charge in [-0.05, 0) is 6.42 Å². The van der Waals surface area contributed by atoms with E-state index < -0.39 is 0 Å². The zero-order chi connectivity index (χ0) is 5.28. The Morgan fingerprint density at radius 3 is 1.33 bits per heavy atom. The molecule has 0 amide bonds. The average molecular weight is 144 g/mol. The van der Waals surface area contributed by atoms with E-state index in [1.54, 1.807) is 0 Å². The van der Waals surface area contributed by atoms with Crippen LogP contribution in [0, 0.1) is 0 Å². The zero-order valence-corrected chi connectivity index (χ0v) is 9.94. The van der Waals surface area contributed by atoms with E-state index in [0.29, 0.717) is 12.8 Å². The summed E-state index contributed by atoms with van der Waals surface area (Å²) >= 11 is 0. The van der Waals surface area contributed by atoms with Gasteiger partial charge >= 0.3 is 0 Å². The maximum Gasteiger partial charge on any atom is 0.198 e. The molecule has 4 heteroatoms. The van der Waals surface area contributed by atoms with Crippen molar-refractivity contribution in [1.29, 1.82) is 0 Å². The van der Waals surface area contributed by atoms with Crippen LogP contribution in [0.15, 0.2) is 0 Å². The standard InChI is InChI=1S/C5H6O2.2Na/c6-4-2-1-3-5(4)7;;/h1-3H2;;. The number of hydrogen-bond acceptors (Lipinski definition) is 2. The van der Waals surface area contributed by atoms with Gasteiger partial charge in [-0.2, -0.15) is 0 Å². The fraction of sp³-hybridized carbons (Fsp3) is 0.600. The summed E-state index contributed by atoms with van der Waals surface area (Å²) in [7, 11) is 0. The monoisotopic (exact) mass is 144 g/mol. The molecule has 1 aliphatic carbocycles. The van der Waals surface area contributed by atoms with E-state index in [9.17, 15) is 9.59 Å². The number of Topliss-reactive ketones (excluding diaryl/α,β-unsaturated/α-hetero) is 2.